The number of nitrogens with two attached hydrogens (primary N) is 1. The van der Waals surface area contributed by atoms with Crippen LogP contribution in [0.2, 0.25) is 0 Å². The molecule has 0 unspecified atom stereocenters. The van der Waals surface area contributed by atoms with Crippen molar-refractivity contribution in [2.24, 2.45) is 7.05 Å². The predicted molar refractivity (Wildman–Crippen MR) is 78.1 cm³/mol. The van der Waals surface area contributed by atoms with Crippen LogP contribution in [0.3, 0.4) is 0 Å². The zero-order chi connectivity index (χ0) is 15.6. The van der Waals surface area contributed by atoms with Gasteiger partial charge in [0.05, 0.1) is 17.1 Å². The van der Waals surface area contributed by atoms with E-state index in [0.29, 0.717) is 17.2 Å². The fraction of sp³-hybridized carbons (Fsp3) is 0.357. The van der Waals surface area contributed by atoms with Gasteiger partial charge in [-0.2, -0.15) is 13.9 Å². The highest BCUT2D eigenvalue weighted by Gasteiger charge is 2.17. The molecular formula is C14H18F2N4O. The van der Waals surface area contributed by atoms with Crippen LogP contribution in [0, 0.1) is 0 Å². The number of halogens is 2. The molecule has 1 heterocycles. The minimum atomic E-state index is -2.89. The lowest BCUT2D eigenvalue weighted by Crippen LogP contribution is -2.06. The van der Waals surface area contributed by atoms with Crippen LogP contribution < -0.4 is 15.8 Å². The summed E-state index contributed by atoms with van der Waals surface area (Å²) in [5, 5.41) is 7.34. The van der Waals surface area contributed by atoms with Crippen molar-refractivity contribution in [3.8, 4) is 5.75 Å². The smallest absolute Gasteiger partial charge is 0.387 e. The first kappa shape index (κ1) is 15.1. The van der Waals surface area contributed by atoms with Gasteiger partial charge in [0.25, 0.3) is 0 Å². The second-order valence-corrected chi connectivity index (χ2v) is 4.93. The average Bonchev–Trinajstić information content (AvgIpc) is 2.68. The Morgan fingerprint density at radius 1 is 1.29 bits per heavy atom. The number of rotatable bonds is 5. The third kappa shape index (κ3) is 3.24. The number of nitrogens with one attached hydrogen (secondary N) is 1. The van der Waals surface area contributed by atoms with Gasteiger partial charge < -0.3 is 15.8 Å². The van der Waals surface area contributed by atoms with Crippen molar-refractivity contribution in [3.63, 3.8) is 0 Å². The van der Waals surface area contributed by atoms with Gasteiger partial charge >= 0.3 is 6.61 Å². The highest BCUT2D eigenvalue weighted by Crippen LogP contribution is 2.33. The van der Waals surface area contributed by atoms with Gasteiger partial charge in [-0.1, -0.05) is 26.0 Å². The van der Waals surface area contributed by atoms with Crippen molar-refractivity contribution in [2.75, 3.05) is 11.1 Å². The minimum absolute atomic E-state index is 0.0548. The molecule has 0 fully saturated rings. The Morgan fingerprint density at radius 3 is 2.52 bits per heavy atom. The van der Waals surface area contributed by atoms with E-state index in [4.69, 9.17) is 5.73 Å². The number of aryl methyl sites for hydroxylation is 1. The van der Waals surface area contributed by atoms with E-state index in [0.717, 1.165) is 5.69 Å². The molecule has 0 saturated carbocycles. The summed E-state index contributed by atoms with van der Waals surface area (Å²) in [5.74, 6) is 0.766. The molecule has 0 saturated heterocycles. The maximum atomic E-state index is 12.4. The molecule has 0 aliphatic carbocycles. The highest BCUT2D eigenvalue weighted by atomic mass is 19.3. The summed E-state index contributed by atoms with van der Waals surface area (Å²) in [7, 11) is 1.74. The second-order valence-electron chi connectivity index (χ2n) is 4.93. The zero-order valence-corrected chi connectivity index (χ0v) is 12.1. The Labute approximate surface area is 121 Å². The topological polar surface area (TPSA) is 65.1 Å². The number of hydrogen-bond acceptors (Lipinski definition) is 4. The lowest BCUT2D eigenvalue weighted by Gasteiger charge is -2.13. The van der Waals surface area contributed by atoms with Gasteiger partial charge in [-0.05, 0) is 18.1 Å². The van der Waals surface area contributed by atoms with Crippen LogP contribution in [0.5, 0.6) is 5.75 Å². The van der Waals surface area contributed by atoms with Gasteiger partial charge in [-0.15, -0.1) is 0 Å². The van der Waals surface area contributed by atoms with Gasteiger partial charge in [0, 0.05) is 7.05 Å². The molecule has 0 aliphatic rings. The minimum Gasteiger partial charge on any atom is -0.433 e. The third-order valence-electron chi connectivity index (χ3n) is 3.02. The Kier molecular flexibility index (Phi) is 4.30. The first-order chi connectivity index (χ1) is 9.90. The van der Waals surface area contributed by atoms with Crippen LogP contribution in [-0.4, -0.2) is 16.4 Å². The maximum absolute atomic E-state index is 12.4. The summed E-state index contributed by atoms with van der Waals surface area (Å²) in [6.07, 6.45) is 0. The molecule has 0 atom stereocenters. The van der Waals surface area contributed by atoms with E-state index < -0.39 is 6.61 Å². The summed E-state index contributed by atoms with van der Waals surface area (Å²) in [4.78, 5) is 0. The third-order valence-corrected chi connectivity index (χ3v) is 3.02. The normalized spacial score (nSPS) is 11.2. The van der Waals surface area contributed by atoms with Crippen molar-refractivity contribution in [1.82, 2.24) is 9.78 Å². The molecule has 3 N–H and O–H groups in total. The Balaban J connectivity index is 2.35. The Bertz CT molecular complexity index is 625. The summed E-state index contributed by atoms with van der Waals surface area (Å²) < 4.78 is 30.9. The molecule has 7 heteroatoms. The number of hydrogen-bond donors (Lipinski definition) is 2. The van der Waals surface area contributed by atoms with Gasteiger partial charge in [0.1, 0.15) is 5.75 Å². The number of para-hydroxylation sites is 2. The molecular weight excluding hydrogens is 278 g/mol. The van der Waals surface area contributed by atoms with Crippen molar-refractivity contribution in [2.45, 2.75) is 26.4 Å². The molecule has 0 spiro atoms. The Morgan fingerprint density at radius 2 is 1.95 bits per heavy atom. The molecule has 0 radical (unpaired) electrons. The van der Waals surface area contributed by atoms with E-state index in [1.54, 1.807) is 29.9 Å². The van der Waals surface area contributed by atoms with Crippen LogP contribution in [0.25, 0.3) is 0 Å². The number of aromatic nitrogens is 2. The molecule has 0 bridgehead atoms. The number of alkyl halides is 2. The molecule has 2 rings (SSSR count). The van der Waals surface area contributed by atoms with E-state index in [1.807, 2.05) is 13.8 Å². The van der Waals surface area contributed by atoms with Crippen molar-refractivity contribution < 1.29 is 13.5 Å². The Hall–Kier alpha value is -2.31. The molecule has 0 aliphatic heterocycles. The highest BCUT2D eigenvalue weighted by molar-refractivity contribution is 5.74. The monoisotopic (exact) mass is 296 g/mol. The van der Waals surface area contributed by atoms with E-state index >= 15 is 0 Å². The largest absolute Gasteiger partial charge is 0.433 e. The number of nitrogens with zero attached hydrogens (tertiary/aromatic N) is 2. The van der Waals surface area contributed by atoms with Crippen LogP contribution >= 0.6 is 0 Å². The van der Waals surface area contributed by atoms with Crippen LogP contribution in [0.1, 0.15) is 25.5 Å². The van der Waals surface area contributed by atoms with Crippen LogP contribution in [0.15, 0.2) is 24.3 Å². The zero-order valence-electron chi connectivity index (χ0n) is 12.1. The molecule has 5 nitrogen and oxygen atoms in total. The molecule has 0 amide bonds. The lowest BCUT2D eigenvalue weighted by atomic mass is 10.1. The standard InChI is InChI=1S/C14H18F2N4O/c1-8(2)12-11(17)13(20(3)19-12)18-9-6-4-5-7-10(9)21-14(15)16/h4-8,14,18H,17H2,1-3H3. The molecule has 21 heavy (non-hydrogen) atoms. The maximum Gasteiger partial charge on any atom is 0.387 e. The summed E-state index contributed by atoms with van der Waals surface area (Å²) >= 11 is 0. The van der Waals surface area contributed by atoms with Gasteiger partial charge in [0.15, 0.2) is 5.82 Å². The number of ether oxygens (including phenoxy) is 1. The van der Waals surface area contributed by atoms with Crippen molar-refractivity contribution in [1.29, 1.82) is 0 Å². The average molecular weight is 296 g/mol. The summed E-state index contributed by atoms with van der Waals surface area (Å²) in [6.45, 7) is 1.08. The van der Waals surface area contributed by atoms with E-state index in [-0.39, 0.29) is 11.7 Å². The molecule has 2 aromatic rings. The van der Waals surface area contributed by atoms with Crippen molar-refractivity contribution >= 4 is 17.2 Å². The van der Waals surface area contributed by atoms with Crippen LogP contribution in [0.4, 0.5) is 26.0 Å². The fourth-order valence-electron chi connectivity index (χ4n) is 2.03. The van der Waals surface area contributed by atoms with E-state index in [1.165, 1.54) is 6.07 Å². The second kappa shape index (κ2) is 5.99. The van der Waals surface area contributed by atoms with Gasteiger partial charge in [-0.3, -0.25) is 4.68 Å². The summed E-state index contributed by atoms with van der Waals surface area (Å²) in [5.41, 5.74) is 7.73. The predicted octanol–water partition coefficient (Wildman–Crippen LogP) is 3.47. The number of anilines is 3. The van der Waals surface area contributed by atoms with Gasteiger partial charge in [0.2, 0.25) is 0 Å². The first-order valence-electron chi connectivity index (χ1n) is 6.53. The molecule has 114 valence electrons. The van der Waals surface area contributed by atoms with Crippen molar-refractivity contribution in [3.05, 3.63) is 30.0 Å². The SMILES string of the molecule is CC(C)c1nn(C)c(Nc2ccccc2OC(F)F)c1N. The first-order valence-corrected chi connectivity index (χ1v) is 6.53. The quantitative estimate of drug-likeness (QED) is 0.886. The lowest BCUT2D eigenvalue weighted by molar-refractivity contribution is -0.0493. The number of benzene rings is 1. The number of nitrogen functional groups attached to an aromatic ring is 1. The van der Waals surface area contributed by atoms with Crippen LogP contribution in [-0.2, 0) is 7.05 Å². The fourth-order valence-corrected chi connectivity index (χ4v) is 2.03. The summed E-state index contributed by atoms with van der Waals surface area (Å²) in [6, 6.07) is 6.44. The van der Waals surface area contributed by atoms with E-state index in [9.17, 15) is 8.78 Å². The van der Waals surface area contributed by atoms with Gasteiger partial charge in [-0.25, -0.2) is 0 Å². The van der Waals surface area contributed by atoms with E-state index in [2.05, 4.69) is 15.2 Å². The molecule has 1 aromatic heterocycles. The molecule has 1 aromatic carbocycles.